The van der Waals surface area contributed by atoms with Crippen LogP contribution in [-0.2, 0) is 9.53 Å². The summed E-state index contributed by atoms with van der Waals surface area (Å²) < 4.78 is 10.1. The third kappa shape index (κ3) is 4.43. The lowest BCUT2D eigenvalue weighted by Gasteiger charge is -2.28. The maximum Gasteiger partial charge on any atom is 0.325 e. The summed E-state index contributed by atoms with van der Waals surface area (Å²) in [5.41, 5.74) is -0.562. The van der Waals surface area contributed by atoms with E-state index in [-0.39, 0.29) is 5.97 Å². The third-order valence-electron chi connectivity index (χ3n) is 3.29. The van der Waals surface area contributed by atoms with E-state index in [4.69, 9.17) is 4.74 Å². The fraction of sp³-hybridized carbons (Fsp3) is 0.769. The Balaban J connectivity index is 1.77. The van der Waals surface area contributed by atoms with Gasteiger partial charge in [-0.1, -0.05) is 11.8 Å². The van der Waals surface area contributed by atoms with E-state index in [0.29, 0.717) is 6.04 Å². The van der Waals surface area contributed by atoms with Crippen LogP contribution in [-0.4, -0.2) is 39.8 Å². The molecule has 112 valence electrons. The number of thioether (sulfide) groups is 1. The lowest BCUT2D eigenvalue weighted by atomic mass is 9.96. The predicted octanol–water partition coefficient (Wildman–Crippen LogP) is 2.40. The minimum atomic E-state index is -0.562. The van der Waals surface area contributed by atoms with Gasteiger partial charge in [0, 0.05) is 11.8 Å². The molecule has 7 heteroatoms. The molecule has 1 aromatic rings. The summed E-state index contributed by atoms with van der Waals surface area (Å²) in [6.07, 6.45) is 4.03. The Morgan fingerprint density at radius 1 is 1.60 bits per heavy atom. The standard InChI is InChI=1S/C13H21N3O2S2/c1-9-14-12(20-16-9)19-8-4-7-13(2,11(17)18-3)15-10-5-6-10/h10,15H,4-8H2,1-3H3. The van der Waals surface area contributed by atoms with Crippen molar-refractivity contribution in [1.29, 1.82) is 0 Å². The van der Waals surface area contributed by atoms with Gasteiger partial charge in [0.1, 0.15) is 11.4 Å². The molecule has 0 amide bonds. The largest absolute Gasteiger partial charge is 0.468 e. The van der Waals surface area contributed by atoms with Crippen LogP contribution >= 0.6 is 23.3 Å². The molecular weight excluding hydrogens is 294 g/mol. The van der Waals surface area contributed by atoms with Crippen LogP contribution < -0.4 is 5.32 Å². The first kappa shape index (κ1) is 15.7. The number of aryl methyl sites for hydroxylation is 1. The van der Waals surface area contributed by atoms with Gasteiger partial charge < -0.3 is 4.74 Å². The number of methoxy groups -OCH3 is 1. The van der Waals surface area contributed by atoms with E-state index in [2.05, 4.69) is 14.7 Å². The van der Waals surface area contributed by atoms with Gasteiger partial charge >= 0.3 is 5.97 Å². The summed E-state index contributed by atoms with van der Waals surface area (Å²) >= 11 is 3.13. The fourth-order valence-corrected chi connectivity index (χ4v) is 3.72. The van der Waals surface area contributed by atoms with E-state index in [1.807, 2.05) is 13.8 Å². The number of ether oxygens (including phenoxy) is 1. The van der Waals surface area contributed by atoms with Gasteiger partial charge in [0.2, 0.25) is 0 Å². The molecule has 1 atom stereocenters. The number of rotatable bonds is 8. The second-order valence-corrected chi connectivity index (χ2v) is 7.40. The van der Waals surface area contributed by atoms with Crippen molar-refractivity contribution in [3.63, 3.8) is 0 Å². The molecule has 0 bridgehead atoms. The number of nitrogens with zero attached hydrogens (tertiary/aromatic N) is 2. The first-order valence-corrected chi connectivity index (χ1v) is 8.58. The van der Waals surface area contributed by atoms with Crippen LogP contribution in [0.25, 0.3) is 0 Å². The van der Waals surface area contributed by atoms with Crippen LogP contribution in [0.4, 0.5) is 0 Å². The number of hydrogen-bond donors (Lipinski definition) is 1. The molecule has 1 heterocycles. The molecule has 5 nitrogen and oxygen atoms in total. The van der Waals surface area contributed by atoms with Gasteiger partial charge in [-0.05, 0) is 51.1 Å². The maximum absolute atomic E-state index is 12.0. The van der Waals surface area contributed by atoms with Crippen LogP contribution in [0.1, 0.15) is 38.4 Å². The molecule has 2 rings (SSSR count). The maximum atomic E-state index is 12.0. The van der Waals surface area contributed by atoms with Crippen molar-refractivity contribution in [3.8, 4) is 0 Å². The molecule has 0 aliphatic heterocycles. The Labute approximate surface area is 128 Å². The van der Waals surface area contributed by atoms with Gasteiger partial charge in [0.25, 0.3) is 0 Å². The topological polar surface area (TPSA) is 64.1 Å². The highest BCUT2D eigenvalue weighted by Gasteiger charge is 2.38. The van der Waals surface area contributed by atoms with Gasteiger partial charge in [0.05, 0.1) is 7.11 Å². The molecule has 0 saturated heterocycles. The van der Waals surface area contributed by atoms with Crippen LogP contribution in [0.15, 0.2) is 4.34 Å². The summed E-state index contributed by atoms with van der Waals surface area (Å²) in [6.45, 7) is 3.84. The molecule has 0 aromatic carbocycles. The van der Waals surface area contributed by atoms with Crippen molar-refractivity contribution in [2.75, 3.05) is 12.9 Å². The molecule has 20 heavy (non-hydrogen) atoms. The van der Waals surface area contributed by atoms with Crippen LogP contribution in [0.2, 0.25) is 0 Å². The average molecular weight is 315 g/mol. The highest BCUT2D eigenvalue weighted by Crippen LogP contribution is 2.27. The van der Waals surface area contributed by atoms with Crippen molar-refractivity contribution in [2.45, 2.75) is 55.5 Å². The van der Waals surface area contributed by atoms with Crippen molar-refractivity contribution >= 4 is 29.3 Å². The Kier molecular flexibility index (Phi) is 5.40. The smallest absolute Gasteiger partial charge is 0.325 e. The monoisotopic (exact) mass is 315 g/mol. The molecule has 0 radical (unpaired) electrons. The molecule has 1 saturated carbocycles. The van der Waals surface area contributed by atoms with E-state index in [0.717, 1.165) is 41.6 Å². The van der Waals surface area contributed by atoms with Gasteiger partial charge in [0.15, 0.2) is 4.34 Å². The highest BCUT2D eigenvalue weighted by atomic mass is 32.2. The molecule has 1 aliphatic carbocycles. The third-order valence-corrected chi connectivity index (χ3v) is 5.30. The van der Waals surface area contributed by atoms with E-state index >= 15 is 0 Å². The van der Waals surface area contributed by atoms with E-state index in [1.165, 1.54) is 18.6 Å². The normalized spacial score (nSPS) is 17.8. The zero-order valence-electron chi connectivity index (χ0n) is 12.1. The van der Waals surface area contributed by atoms with Gasteiger partial charge in [-0.15, -0.1) is 0 Å². The Hall–Kier alpha value is -0.660. The SMILES string of the molecule is COC(=O)C(C)(CCCSc1nc(C)ns1)NC1CC1. The fourth-order valence-electron chi connectivity index (χ4n) is 2.06. The summed E-state index contributed by atoms with van der Waals surface area (Å²) in [5, 5.41) is 3.41. The van der Waals surface area contributed by atoms with Crippen molar-refractivity contribution < 1.29 is 9.53 Å². The molecular formula is C13H21N3O2S2. The number of esters is 1. The van der Waals surface area contributed by atoms with Crippen molar-refractivity contribution in [1.82, 2.24) is 14.7 Å². The first-order valence-electron chi connectivity index (χ1n) is 6.83. The second-order valence-electron chi connectivity index (χ2n) is 5.30. The number of nitrogens with one attached hydrogen (secondary N) is 1. The molecule has 0 spiro atoms. The highest BCUT2D eigenvalue weighted by molar-refractivity contribution is 8.00. The number of carbonyl (C=O) groups excluding carboxylic acids is 1. The number of hydrogen-bond acceptors (Lipinski definition) is 7. The molecule has 1 fully saturated rings. The minimum Gasteiger partial charge on any atom is -0.468 e. The Morgan fingerprint density at radius 2 is 2.35 bits per heavy atom. The van der Waals surface area contributed by atoms with Crippen molar-refractivity contribution in [2.24, 2.45) is 0 Å². The summed E-state index contributed by atoms with van der Waals surface area (Å²) in [5.74, 6) is 1.60. The second kappa shape index (κ2) is 6.87. The van der Waals surface area contributed by atoms with E-state index in [1.54, 1.807) is 11.8 Å². The van der Waals surface area contributed by atoms with Crippen molar-refractivity contribution in [3.05, 3.63) is 5.82 Å². The molecule has 1 aliphatic rings. The number of aromatic nitrogens is 2. The zero-order valence-corrected chi connectivity index (χ0v) is 13.8. The summed E-state index contributed by atoms with van der Waals surface area (Å²) in [6, 6.07) is 0.484. The first-order chi connectivity index (χ1) is 9.53. The number of carbonyl (C=O) groups is 1. The summed E-state index contributed by atoms with van der Waals surface area (Å²) in [7, 11) is 1.45. The van der Waals surface area contributed by atoms with Gasteiger partial charge in [-0.2, -0.15) is 4.37 Å². The molecule has 1 unspecified atom stereocenters. The molecule has 1 aromatic heterocycles. The molecule has 1 N–H and O–H groups in total. The quantitative estimate of drug-likeness (QED) is 0.451. The van der Waals surface area contributed by atoms with Crippen LogP contribution in [0.3, 0.4) is 0 Å². The van der Waals surface area contributed by atoms with Crippen LogP contribution in [0.5, 0.6) is 0 Å². The summed E-state index contributed by atoms with van der Waals surface area (Å²) in [4.78, 5) is 16.3. The predicted molar refractivity (Wildman–Crippen MR) is 81.2 cm³/mol. The minimum absolute atomic E-state index is 0.166. The average Bonchev–Trinajstić information content (AvgIpc) is 3.14. The zero-order chi connectivity index (χ0) is 14.6. The van der Waals surface area contributed by atoms with E-state index < -0.39 is 5.54 Å². The lowest BCUT2D eigenvalue weighted by molar-refractivity contribution is -0.148. The Bertz CT molecular complexity index is 462. The van der Waals surface area contributed by atoms with Gasteiger partial charge in [-0.25, -0.2) is 4.98 Å². The van der Waals surface area contributed by atoms with Gasteiger partial charge in [-0.3, -0.25) is 10.1 Å². The lowest BCUT2D eigenvalue weighted by Crippen LogP contribution is -2.51. The van der Waals surface area contributed by atoms with E-state index in [9.17, 15) is 4.79 Å². The Morgan fingerprint density at radius 3 is 2.90 bits per heavy atom. The van der Waals surface area contributed by atoms with Crippen LogP contribution in [0, 0.1) is 6.92 Å².